The monoisotopic (exact) mass is 217 g/mol. The van der Waals surface area contributed by atoms with Crippen LogP contribution < -0.4 is 5.73 Å². The number of benzene rings is 1. The minimum atomic E-state index is -1.36. The molecule has 0 bridgehead atoms. The molecule has 0 saturated heterocycles. The molecule has 0 unspecified atom stereocenters. The number of halogens is 2. The lowest BCUT2D eigenvalue weighted by atomic mass is 10.0. The Morgan fingerprint density at radius 2 is 2.21 bits per heavy atom. The van der Waals surface area contributed by atoms with Crippen LogP contribution in [0.15, 0.2) is 12.1 Å². The van der Waals surface area contributed by atoms with Crippen LogP contribution in [-0.4, -0.2) is 11.1 Å². The van der Waals surface area contributed by atoms with Crippen molar-refractivity contribution in [3.8, 4) is 0 Å². The summed E-state index contributed by atoms with van der Waals surface area (Å²) in [6.45, 7) is 1.65. The number of hydrogen-bond donors (Lipinski definition) is 2. The van der Waals surface area contributed by atoms with Crippen LogP contribution in [0, 0.1) is 12.7 Å². The fraction of sp³-hybridized carbons (Fsp3) is 0.222. The van der Waals surface area contributed by atoms with E-state index < -0.39 is 17.8 Å². The number of carboxylic acid groups (broad SMARTS) is 1. The Bertz CT molecular complexity index is 381. The van der Waals surface area contributed by atoms with E-state index >= 15 is 0 Å². The number of nitrogens with two attached hydrogens (primary N) is 1. The summed E-state index contributed by atoms with van der Waals surface area (Å²) >= 11 is 5.64. The molecule has 0 aliphatic carbocycles. The topological polar surface area (TPSA) is 63.3 Å². The lowest BCUT2D eigenvalue weighted by molar-refractivity contribution is -0.138. The molecule has 0 aromatic heterocycles. The summed E-state index contributed by atoms with van der Waals surface area (Å²) < 4.78 is 13.2. The molecule has 3 nitrogen and oxygen atoms in total. The summed E-state index contributed by atoms with van der Waals surface area (Å²) in [5, 5.41) is 8.85. The maximum Gasteiger partial charge on any atom is 0.325 e. The van der Waals surface area contributed by atoms with E-state index in [1.807, 2.05) is 0 Å². The Morgan fingerprint density at radius 1 is 1.64 bits per heavy atom. The van der Waals surface area contributed by atoms with Crippen molar-refractivity contribution < 1.29 is 14.3 Å². The van der Waals surface area contributed by atoms with Gasteiger partial charge in [0.2, 0.25) is 0 Å². The van der Waals surface area contributed by atoms with Crippen LogP contribution in [0.25, 0.3) is 0 Å². The minimum absolute atomic E-state index is 0.0561. The van der Waals surface area contributed by atoms with Crippen LogP contribution in [0.2, 0.25) is 5.02 Å². The van der Waals surface area contributed by atoms with Gasteiger partial charge in [0, 0.05) is 10.6 Å². The average molecular weight is 218 g/mol. The van der Waals surface area contributed by atoms with Crippen molar-refractivity contribution in [2.45, 2.75) is 13.0 Å². The highest BCUT2D eigenvalue weighted by molar-refractivity contribution is 6.31. The Kier molecular flexibility index (Phi) is 3.08. The van der Waals surface area contributed by atoms with Crippen LogP contribution in [0.1, 0.15) is 17.2 Å². The number of rotatable bonds is 2. The first-order valence-corrected chi connectivity index (χ1v) is 4.25. The summed E-state index contributed by atoms with van der Waals surface area (Å²) in [5.74, 6) is -1.97. The average Bonchev–Trinajstić information content (AvgIpc) is 2.10. The molecule has 0 spiro atoms. The maximum atomic E-state index is 13.2. The fourth-order valence-electron chi connectivity index (χ4n) is 1.05. The Hall–Kier alpha value is -1.13. The largest absolute Gasteiger partial charge is 0.480 e. The predicted octanol–water partition coefficient (Wildman–Crippen LogP) is 1.87. The van der Waals surface area contributed by atoms with Gasteiger partial charge in [-0.2, -0.15) is 0 Å². The minimum Gasteiger partial charge on any atom is -0.480 e. The third-order valence-electron chi connectivity index (χ3n) is 1.88. The highest BCUT2D eigenvalue weighted by Gasteiger charge is 2.19. The van der Waals surface area contributed by atoms with Gasteiger partial charge in [0.25, 0.3) is 0 Å². The number of aliphatic carboxylic acids is 1. The molecule has 0 heterocycles. The predicted molar refractivity (Wildman–Crippen MR) is 50.7 cm³/mol. The summed E-state index contributed by atoms with van der Waals surface area (Å²) in [5.41, 5.74) is 5.82. The molecule has 1 rings (SSSR count). The third kappa shape index (κ3) is 2.02. The lowest BCUT2D eigenvalue weighted by Gasteiger charge is -2.09. The van der Waals surface area contributed by atoms with Gasteiger partial charge in [-0.05, 0) is 24.6 Å². The molecule has 1 aromatic rings. The van der Waals surface area contributed by atoms with Crippen LogP contribution in [-0.2, 0) is 4.79 Å². The number of aryl methyl sites for hydroxylation is 1. The van der Waals surface area contributed by atoms with Gasteiger partial charge in [-0.1, -0.05) is 11.6 Å². The van der Waals surface area contributed by atoms with Gasteiger partial charge >= 0.3 is 5.97 Å². The van der Waals surface area contributed by atoms with Gasteiger partial charge in [-0.15, -0.1) is 0 Å². The smallest absolute Gasteiger partial charge is 0.325 e. The molecule has 76 valence electrons. The first kappa shape index (κ1) is 10.9. The molecule has 0 aliphatic heterocycles. The maximum absolute atomic E-state index is 13.2. The Balaban J connectivity index is 3.22. The second-order valence-electron chi connectivity index (χ2n) is 2.94. The third-order valence-corrected chi connectivity index (χ3v) is 2.29. The zero-order valence-electron chi connectivity index (χ0n) is 7.42. The molecule has 0 radical (unpaired) electrons. The van der Waals surface area contributed by atoms with E-state index in [0.29, 0.717) is 5.56 Å². The van der Waals surface area contributed by atoms with Crippen LogP contribution >= 0.6 is 11.6 Å². The fourth-order valence-corrected chi connectivity index (χ4v) is 1.20. The molecule has 1 aromatic carbocycles. The van der Waals surface area contributed by atoms with Gasteiger partial charge in [0.05, 0.1) is 0 Å². The van der Waals surface area contributed by atoms with Crippen molar-refractivity contribution in [1.82, 2.24) is 0 Å². The number of carboxylic acids is 1. The molecule has 1 atom stereocenters. The molecular formula is C9H9ClFNO2. The summed E-state index contributed by atoms with van der Waals surface area (Å²) in [6.07, 6.45) is 0. The van der Waals surface area contributed by atoms with E-state index in [2.05, 4.69) is 0 Å². The Morgan fingerprint density at radius 3 is 2.71 bits per heavy atom. The molecule has 0 amide bonds. The lowest BCUT2D eigenvalue weighted by Crippen LogP contribution is -2.22. The molecule has 3 N–H and O–H groups in total. The first-order valence-electron chi connectivity index (χ1n) is 3.87. The summed E-state index contributed by atoms with van der Waals surface area (Å²) in [6, 6.07) is 1.05. The molecule has 0 saturated carbocycles. The van der Waals surface area contributed by atoms with E-state index in [9.17, 15) is 9.18 Å². The van der Waals surface area contributed by atoms with Crippen molar-refractivity contribution >= 4 is 17.6 Å². The van der Waals surface area contributed by atoms with Crippen molar-refractivity contribution in [1.29, 1.82) is 0 Å². The molecule has 5 heteroatoms. The van der Waals surface area contributed by atoms with Gasteiger partial charge in [0.15, 0.2) is 0 Å². The number of carbonyl (C=O) groups is 1. The SMILES string of the molecule is Cc1cc([C@H](N)C(=O)O)c(F)cc1Cl. The van der Waals surface area contributed by atoms with E-state index in [1.54, 1.807) is 6.92 Å². The van der Waals surface area contributed by atoms with Crippen LogP contribution in [0.4, 0.5) is 4.39 Å². The van der Waals surface area contributed by atoms with Crippen molar-refractivity contribution in [2.24, 2.45) is 5.73 Å². The summed E-state index contributed by atoms with van der Waals surface area (Å²) in [7, 11) is 0. The van der Waals surface area contributed by atoms with Gasteiger partial charge < -0.3 is 10.8 Å². The quantitative estimate of drug-likeness (QED) is 0.795. The van der Waals surface area contributed by atoms with Gasteiger partial charge in [-0.3, -0.25) is 4.79 Å². The molecule has 0 fully saturated rings. The van der Waals surface area contributed by atoms with Crippen molar-refractivity contribution in [2.75, 3.05) is 0 Å². The van der Waals surface area contributed by atoms with Crippen LogP contribution in [0.3, 0.4) is 0 Å². The van der Waals surface area contributed by atoms with E-state index in [1.165, 1.54) is 6.07 Å². The van der Waals surface area contributed by atoms with E-state index in [0.717, 1.165) is 6.07 Å². The van der Waals surface area contributed by atoms with Gasteiger partial charge in [0.1, 0.15) is 11.9 Å². The van der Waals surface area contributed by atoms with E-state index in [-0.39, 0.29) is 10.6 Å². The van der Waals surface area contributed by atoms with Crippen molar-refractivity contribution in [3.05, 3.63) is 34.1 Å². The van der Waals surface area contributed by atoms with Gasteiger partial charge in [-0.25, -0.2) is 4.39 Å². The Labute approximate surface area is 85.3 Å². The molecule has 0 aliphatic rings. The second kappa shape index (κ2) is 3.94. The van der Waals surface area contributed by atoms with E-state index in [4.69, 9.17) is 22.4 Å². The molecule has 14 heavy (non-hydrogen) atoms. The highest BCUT2D eigenvalue weighted by atomic mass is 35.5. The highest BCUT2D eigenvalue weighted by Crippen LogP contribution is 2.23. The second-order valence-corrected chi connectivity index (χ2v) is 3.35. The van der Waals surface area contributed by atoms with Crippen molar-refractivity contribution in [3.63, 3.8) is 0 Å². The first-order chi connectivity index (χ1) is 6.43. The standard InChI is InChI=1S/C9H9ClFNO2/c1-4-2-5(8(12)9(13)14)7(11)3-6(4)10/h2-3,8H,12H2,1H3,(H,13,14)/t8-/m0/s1. The molecular weight excluding hydrogens is 209 g/mol. The zero-order valence-corrected chi connectivity index (χ0v) is 8.18. The van der Waals surface area contributed by atoms with Crippen LogP contribution in [0.5, 0.6) is 0 Å². The summed E-state index contributed by atoms with van der Waals surface area (Å²) in [4.78, 5) is 10.5. The number of hydrogen-bond acceptors (Lipinski definition) is 2. The zero-order chi connectivity index (χ0) is 10.9. The normalized spacial score (nSPS) is 12.6.